The molecule has 4 radical (unpaired) electrons. The Hall–Kier alpha value is -4.72. The normalized spacial score (nSPS) is 10.2. The van der Waals surface area contributed by atoms with Crippen LogP contribution in [0.5, 0.6) is 23.0 Å². The van der Waals surface area contributed by atoms with Crippen LogP contribution >= 0.6 is 0 Å². The first-order valence-electron chi connectivity index (χ1n) is 33.5. The number of ether oxygens (including phenoxy) is 4. The molecule has 8 rings (SSSR count). The van der Waals surface area contributed by atoms with Crippen molar-refractivity contribution in [2.75, 3.05) is 26.4 Å². The van der Waals surface area contributed by atoms with Crippen LogP contribution in [-0.2, 0) is 80.4 Å². The van der Waals surface area contributed by atoms with Crippen LogP contribution in [-0.4, -0.2) is 46.4 Å². The van der Waals surface area contributed by atoms with Gasteiger partial charge >= 0.3 is 0 Å². The SMILES string of the molecule is CCCCCCCCOc1c(-c2cc(C)ccn2)[c-]ccc1C.CCCCCCCCOc1c(-c2ccccn2)[c-]ccc1C.CCCCCCCCOc1ccc[c-]c1-c1cc(C)ccn1.CCCCCCCCOc1ccc[c-]c1-c1ccccn1.[Ir].[Ir].[Ir].[Ir]. The van der Waals surface area contributed by atoms with Gasteiger partial charge < -0.3 is 38.9 Å². The molecule has 0 spiro atoms. The van der Waals surface area contributed by atoms with Gasteiger partial charge in [0.1, 0.15) is 0 Å². The van der Waals surface area contributed by atoms with Crippen LogP contribution < -0.4 is 18.9 Å². The van der Waals surface area contributed by atoms with Crippen molar-refractivity contribution >= 4 is 0 Å². The van der Waals surface area contributed by atoms with Gasteiger partial charge in [0, 0.05) is 128 Å². The largest absolute Gasteiger partial charge is 0.537 e. The molecule has 0 unspecified atom stereocenters. The van der Waals surface area contributed by atoms with Crippen molar-refractivity contribution in [3.63, 3.8) is 0 Å². The van der Waals surface area contributed by atoms with Crippen molar-refractivity contribution in [2.24, 2.45) is 0 Å². The summed E-state index contributed by atoms with van der Waals surface area (Å²) in [6.07, 6.45) is 37.9. The first-order chi connectivity index (χ1) is 43.3. The molecule has 4 aromatic heterocycles. The van der Waals surface area contributed by atoms with Gasteiger partial charge in [-0.1, -0.05) is 251 Å². The monoisotopic (exact) mass is 1960 g/mol. The van der Waals surface area contributed by atoms with E-state index in [-0.39, 0.29) is 80.4 Å². The number of aryl methyl sites for hydroxylation is 4. The first kappa shape index (κ1) is 85.3. The van der Waals surface area contributed by atoms with Gasteiger partial charge in [0.15, 0.2) is 0 Å². The van der Waals surface area contributed by atoms with Crippen LogP contribution in [0.25, 0.3) is 45.0 Å². The summed E-state index contributed by atoms with van der Waals surface area (Å²) in [5.41, 5.74) is 12.2. The molecule has 0 bridgehead atoms. The van der Waals surface area contributed by atoms with E-state index in [1.807, 2.05) is 122 Å². The Kier molecular flexibility index (Phi) is 50.5. The fourth-order valence-electron chi connectivity index (χ4n) is 10.0. The van der Waals surface area contributed by atoms with E-state index in [2.05, 4.69) is 118 Å². The van der Waals surface area contributed by atoms with Gasteiger partial charge in [-0.2, -0.15) is 0 Å². The van der Waals surface area contributed by atoms with Crippen LogP contribution in [0, 0.1) is 52.0 Å². The van der Waals surface area contributed by atoms with Gasteiger partial charge in [0.05, 0.1) is 26.4 Å². The fraction of sp³-hybridized carbons (Fsp3) is 0.450. The van der Waals surface area contributed by atoms with E-state index in [0.29, 0.717) is 0 Å². The molecule has 8 aromatic rings. The number of pyridine rings is 4. The summed E-state index contributed by atoms with van der Waals surface area (Å²) >= 11 is 0. The summed E-state index contributed by atoms with van der Waals surface area (Å²) in [6, 6.07) is 52.8. The predicted octanol–water partition coefficient (Wildman–Crippen LogP) is 22.4. The van der Waals surface area contributed by atoms with E-state index < -0.39 is 0 Å². The van der Waals surface area contributed by atoms with E-state index >= 15 is 0 Å². The maximum Gasteiger partial charge on any atom is 0.0755 e. The third kappa shape index (κ3) is 34.1. The molecule has 0 aliphatic rings. The Morgan fingerprint density at radius 2 is 0.609 bits per heavy atom. The van der Waals surface area contributed by atoms with Crippen LogP contribution in [0.1, 0.15) is 204 Å². The van der Waals surface area contributed by atoms with Crippen molar-refractivity contribution in [1.82, 2.24) is 19.9 Å². The van der Waals surface area contributed by atoms with Crippen molar-refractivity contribution < 1.29 is 99.4 Å². The third-order valence-electron chi connectivity index (χ3n) is 15.1. The second kappa shape index (κ2) is 54.5. The van der Waals surface area contributed by atoms with Gasteiger partial charge in [0.25, 0.3) is 0 Å². The Balaban J connectivity index is 0.000000605. The maximum absolute atomic E-state index is 6.10. The smallest absolute Gasteiger partial charge is 0.0755 e. The standard InChI is InChI=1S/C21H28NO.2C20H26NO.C19H24NO.4Ir/c1-4-5-6-7-8-9-15-23-21-18(3)11-10-12-19(21)20-16-17(2)13-14-22-20;1-3-4-5-6-7-10-16-22-20-17(2)12-11-13-18(20)19-14-8-9-15-21-19;1-3-4-5-6-7-10-15-22-20-12-9-8-11-18(20)19-16-17(2)13-14-21-19;1-2-3-4-5-6-11-16-21-19-14-8-7-12-17(19)18-13-9-10-15-20-18;;;;/h10-11,13-14,16H,4-9,15H2,1-3H3;8-9,11-12,14-15H,3-7,10,16H2,1-2H3;8-9,12-14,16H,3-7,10,15H2,1-2H3;7-10,13-15H,2-6,11,16H2,1H3;;;;/q4*-1;;;;. The number of aromatic nitrogens is 4. The number of unbranched alkanes of at least 4 members (excludes halogenated alkanes) is 20. The minimum atomic E-state index is 0. The van der Waals surface area contributed by atoms with Gasteiger partial charge in [-0.25, -0.2) is 0 Å². The number of benzene rings is 4. The quantitative estimate of drug-likeness (QED) is 0.0283. The summed E-state index contributed by atoms with van der Waals surface area (Å²) < 4.78 is 24.0. The molecule has 4 aromatic carbocycles. The van der Waals surface area contributed by atoms with E-state index in [0.717, 1.165) is 131 Å². The van der Waals surface area contributed by atoms with Crippen LogP contribution in [0.3, 0.4) is 0 Å². The molecule has 0 amide bonds. The number of nitrogens with zero attached hydrogens (tertiary/aromatic N) is 4. The minimum absolute atomic E-state index is 0. The topological polar surface area (TPSA) is 88.5 Å². The molecule has 0 saturated heterocycles. The molecule has 0 aliphatic carbocycles. The molecule has 4 heterocycles. The second-order valence-corrected chi connectivity index (χ2v) is 22.9. The fourth-order valence-corrected chi connectivity index (χ4v) is 10.0. The van der Waals surface area contributed by atoms with E-state index in [1.54, 1.807) is 6.20 Å². The van der Waals surface area contributed by atoms with Crippen molar-refractivity contribution in [1.29, 1.82) is 0 Å². The molecule has 508 valence electrons. The third-order valence-corrected chi connectivity index (χ3v) is 15.1. The van der Waals surface area contributed by atoms with Gasteiger partial charge in [-0.15, -0.1) is 84.9 Å². The zero-order valence-corrected chi connectivity index (χ0v) is 66.0. The molecule has 0 atom stereocenters. The average Bonchev–Trinajstić information content (AvgIpc) is 1.08. The summed E-state index contributed by atoms with van der Waals surface area (Å²) in [6.45, 7) is 20.4. The Morgan fingerprint density at radius 3 is 0.978 bits per heavy atom. The predicted molar refractivity (Wildman–Crippen MR) is 368 cm³/mol. The molecule has 8 nitrogen and oxygen atoms in total. The summed E-state index contributed by atoms with van der Waals surface area (Å²) in [5.74, 6) is 3.62. The Morgan fingerprint density at radius 1 is 0.293 bits per heavy atom. The number of rotatable bonds is 36. The van der Waals surface area contributed by atoms with Crippen molar-refractivity contribution in [3.8, 4) is 68.0 Å². The Labute approximate surface area is 610 Å². The van der Waals surface area contributed by atoms with Crippen molar-refractivity contribution in [2.45, 2.75) is 209 Å². The molecular weight excluding hydrogens is 1850 g/mol. The average molecular weight is 1950 g/mol. The summed E-state index contributed by atoms with van der Waals surface area (Å²) in [7, 11) is 0. The van der Waals surface area contributed by atoms with E-state index in [9.17, 15) is 0 Å². The summed E-state index contributed by atoms with van der Waals surface area (Å²) in [5, 5.41) is 0. The van der Waals surface area contributed by atoms with E-state index in [4.69, 9.17) is 18.9 Å². The molecule has 12 heteroatoms. The van der Waals surface area contributed by atoms with Crippen LogP contribution in [0.4, 0.5) is 0 Å². The van der Waals surface area contributed by atoms with Crippen LogP contribution in [0.15, 0.2) is 146 Å². The molecular formula is C80H104Ir4N4O4-4. The zero-order valence-electron chi connectivity index (χ0n) is 56.4. The van der Waals surface area contributed by atoms with Gasteiger partial charge in [-0.05, 0) is 86.6 Å². The summed E-state index contributed by atoms with van der Waals surface area (Å²) in [4.78, 5) is 17.7. The number of hydrogen-bond acceptors (Lipinski definition) is 8. The zero-order chi connectivity index (χ0) is 62.5. The molecule has 0 fully saturated rings. The van der Waals surface area contributed by atoms with Crippen LogP contribution in [0.2, 0.25) is 0 Å². The second-order valence-electron chi connectivity index (χ2n) is 22.9. The Bertz CT molecular complexity index is 3080. The van der Waals surface area contributed by atoms with Gasteiger partial charge in [-0.3, -0.25) is 0 Å². The van der Waals surface area contributed by atoms with E-state index in [1.165, 1.54) is 140 Å². The number of hydrogen-bond donors (Lipinski definition) is 0. The minimum Gasteiger partial charge on any atom is -0.537 e. The molecule has 0 aliphatic heterocycles. The maximum atomic E-state index is 6.10. The van der Waals surface area contributed by atoms with Gasteiger partial charge in [0.2, 0.25) is 0 Å². The molecule has 0 saturated carbocycles. The van der Waals surface area contributed by atoms with Crippen molar-refractivity contribution in [3.05, 3.63) is 193 Å². The first-order valence-corrected chi connectivity index (χ1v) is 33.5. The molecule has 92 heavy (non-hydrogen) atoms. The molecule has 0 N–H and O–H groups in total.